The Morgan fingerprint density at radius 3 is 2.72 bits per heavy atom. The van der Waals surface area contributed by atoms with Gasteiger partial charge < -0.3 is 9.72 Å². The van der Waals surface area contributed by atoms with Crippen molar-refractivity contribution in [3.63, 3.8) is 0 Å². The van der Waals surface area contributed by atoms with Crippen molar-refractivity contribution in [3.05, 3.63) is 40.4 Å². The second-order valence-electron chi connectivity index (χ2n) is 6.26. The van der Waals surface area contributed by atoms with E-state index in [2.05, 4.69) is 9.97 Å². The quantitative estimate of drug-likeness (QED) is 0.862. The fourth-order valence-corrected chi connectivity index (χ4v) is 5.27. The smallest absolute Gasteiger partial charge is 0.282 e. The summed E-state index contributed by atoms with van der Waals surface area (Å²) in [5.41, 5.74) is 0.341. The molecule has 9 heteroatoms. The van der Waals surface area contributed by atoms with Gasteiger partial charge in [-0.2, -0.15) is 17.0 Å². The molecule has 134 valence electrons. The molecule has 0 aliphatic carbocycles. The van der Waals surface area contributed by atoms with Crippen molar-refractivity contribution in [2.45, 2.75) is 18.9 Å². The van der Waals surface area contributed by atoms with Gasteiger partial charge in [-0.3, -0.25) is 4.79 Å². The Labute approximate surface area is 145 Å². The average molecular weight is 364 g/mol. The molecule has 1 aromatic carbocycles. The van der Waals surface area contributed by atoms with Gasteiger partial charge in [-0.15, -0.1) is 0 Å². The maximum Gasteiger partial charge on any atom is 0.282 e. The summed E-state index contributed by atoms with van der Waals surface area (Å²) in [5, 5.41) is 0.506. The Morgan fingerprint density at radius 2 is 1.92 bits per heavy atom. The summed E-state index contributed by atoms with van der Waals surface area (Å²) < 4.78 is 34.2. The summed E-state index contributed by atoms with van der Waals surface area (Å²) in [6, 6.07) is 6.63. The van der Waals surface area contributed by atoms with Crippen molar-refractivity contribution in [2.24, 2.45) is 0 Å². The summed E-state index contributed by atoms with van der Waals surface area (Å²) in [5.74, 6) is 0.415. The molecule has 4 rings (SSSR count). The molecule has 1 aromatic heterocycles. The lowest BCUT2D eigenvalue weighted by Gasteiger charge is -2.32. The van der Waals surface area contributed by atoms with Crippen LogP contribution in [0.1, 0.15) is 24.7 Å². The maximum absolute atomic E-state index is 13.0. The molecule has 1 unspecified atom stereocenters. The average Bonchev–Trinajstić information content (AvgIpc) is 3.13. The monoisotopic (exact) mass is 364 g/mol. The molecule has 3 heterocycles. The fourth-order valence-electron chi connectivity index (χ4n) is 3.48. The molecule has 2 fully saturated rings. The first-order valence-corrected chi connectivity index (χ1v) is 9.81. The van der Waals surface area contributed by atoms with Crippen LogP contribution in [0.4, 0.5) is 0 Å². The van der Waals surface area contributed by atoms with E-state index in [1.165, 1.54) is 8.61 Å². The molecule has 25 heavy (non-hydrogen) atoms. The van der Waals surface area contributed by atoms with Crippen LogP contribution >= 0.6 is 0 Å². The SMILES string of the molecule is O=c1[nH]c(C2CCCN2S(=O)(=O)N2CCOCC2)nc2ccccc12. The molecule has 0 radical (unpaired) electrons. The lowest BCUT2D eigenvalue weighted by Crippen LogP contribution is -2.48. The third-order valence-electron chi connectivity index (χ3n) is 4.74. The number of fused-ring (bicyclic) bond motifs is 1. The summed E-state index contributed by atoms with van der Waals surface area (Å²) in [6.45, 7) is 1.95. The van der Waals surface area contributed by atoms with Gasteiger partial charge in [-0.1, -0.05) is 12.1 Å². The molecule has 0 bridgehead atoms. The van der Waals surface area contributed by atoms with Gasteiger partial charge in [0.15, 0.2) is 0 Å². The highest BCUT2D eigenvalue weighted by Gasteiger charge is 2.40. The Balaban J connectivity index is 1.71. The number of nitrogens with one attached hydrogen (secondary N) is 1. The molecule has 0 amide bonds. The first kappa shape index (κ1) is 16.6. The Hall–Kier alpha value is -1.81. The van der Waals surface area contributed by atoms with Crippen molar-refractivity contribution in [1.29, 1.82) is 0 Å². The van der Waals surface area contributed by atoms with E-state index in [4.69, 9.17) is 4.74 Å². The van der Waals surface area contributed by atoms with Crippen LogP contribution < -0.4 is 5.56 Å². The Bertz CT molecular complexity index is 937. The Morgan fingerprint density at radius 1 is 1.16 bits per heavy atom. The second-order valence-corrected chi connectivity index (χ2v) is 8.14. The topological polar surface area (TPSA) is 95.6 Å². The zero-order chi connectivity index (χ0) is 17.4. The molecule has 1 N–H and O–H groups in total. The van der Waals surface area contributed by atoms with Crippen molar-refractivity contribution in [2.75, 3.05) is 32.8 Å². The van der Waals surface area contributed by atoms with Gasteiger partial charge in [0.2, 0.25) is 0 Å². The van der Waals surface area contributed by atoms with Crippen LogP contribution in [0.2, 0.25) is 0 Å². The highest BCUT2D eigenvalue weighted by Crippen LogP contribution is 2.33. The first-order chi connectivity index (χ1) is 12.1. The van der Waals surface area contributed by atoms with Gasteiger partial charge in [-0.05, 0) is 25.0 Å². The van der Waals surface area contributed by atoms with Gasteiger partial charge in [0.25, 0.3) is 15.8 Å². The fraction of sp³-hybridized carbons (Fsp3) is 0.500. The summed E-state index contributed by atoms with van der Waals surface area (Å²) in [6.07, 6.45) is 1.38. The molecule has 0 spiro atoms. The minimum atomic E-state index is -3.60. The van der Waals surface area contributed by atoms with Crippen LogP contribution in [-0.4, -0.2) is 59.8 Å². The highest BCUT2D eigenvalue weighted by atomic mass is 32.2. The van der Waals surface area contributed by atoms with E-state index < -0.39 is 16.3 Å². The van der Waals surface area contributed by atoms with Crippen molar-refractivity contribution < 1.29 is 13.2 Å². The van der Waals surface area contributed by atoms with E-state index in [0.29, 0.717) is 56.0 Å². The molecule has 8 nitrogen and oxygen atoms in total. The first-order valence-electron chi connectivity index (χ1n) is 8.41. The number of para-hydroxylation sites is 1. The van der Waals surface area contributed by atoms with Crippen LogP contribution in [0.25, 0.3) is 10.9 Å². The number of morpholine rings is 1. The minimum Gasteiger partial charge on any atom is -0.379 e. The number of benzene rings is 1. The van der Waals surface area contributed by atoms with Gasteiger partial charge in [0.1, 0.15) is 5.82 Å². The van der Waals surface area contributed by atoms with Crippen LogP contribution in [-0.2, 0) is 14.9 Å². The van der Waals surface area contributed by atoms with E-state index in [9.17, 15) is 13.2 Å². The third kappa shape index (κ3) is 2.97. The number of aromatic nitrogens is 2. The number of hydrogen-bond acceptors (Lipinski definition) is 5. The van der Waals surface area contributed by atoms with Crippen molar-refractivity contribution in [1.82, 2.24) is 18.6 Å². The summed E-state index contributed by atoms with van der Waals surface area (Å²) in [4.78, 5) is 19.6. The molecular weight excluding hydrogens is 344 g/mol. The molecule has 0 saturated carbocycles. The van der Waals surface area contributed by atoms with Crippen LogP contribution in [0.5, 0.6) is 0 Å². The lowest BCUT2D eigenvalue weighted by atomic mass is 10.2. The Kier molecular flexibility index (Phi) is 4.32. The predicted molar refractivity (Wildman–Crippen MR) is 92.4 cm³/mol. The zero-order valence-corrected chi connectivity index (χ0v) is 14.5. The van der Waals surface area contributed by atoms with Gasteiger partial charge in [-0.25, -0.2) is 4.98 Å². The molecule has 2 aromatic rings. The molecule has 2 aliphatic heterocycles. The zero-order valence-electron chi connectivity index (χ0n) is 13.7. The van der Waals surface area contributed by atoms with E-state index >= 15 is 0 Å². The maximum atomic E-state index is 13.0. The standard InChI is InChI=1S/C16H20N4O4S/c21-16-12-4-1-2-5-13(12)17-15(18-16)14-6-3-7-20(14)25(22,23)19-8-10-24-11-9-19/h1-2,4-5,14H,3,6-11H2,(H,17,18,21). The van der Waals surface area contributed by atoms with Gasteiger partial charge in [0, 0.05) is 19.6 Å². The summed E-state index contributed by atoms with van der Waals surface area (Å²) >= 11 is 0. The van der Waals surface area contributed by atoms with E-state index in [0.717, 1.165) is 6.42 Å². The number of nitrogens with zero attached hydrogens (tertiary/aromatic N) is 3. The van der Waals surface area contributed by atoms with Crippen LogP contribution in [0.3, 0.4) is 0 Å². The number of rotatable bonds is 3. The number of aromatic amines is 1. The molecule has 2 aliphatic rings. The molecule has 1 atom stereocenters. The third-order valence-corrected chi connectivity index (χ3v) is 6.79. The predicted octanol–water partition coefficient (Wildman–Crippen LogP) is 0.637. The largest absolute Gasteiger partial charge is 0.379 e. The summed E-state index contributed by atoms with van der Waals surface area (Å²) in [7, 11) is -3.60. The van der Waals surface area contributed by atoms with E-state index in [1.54, 1.807) is 18.2 Å². The molecular formula is C16H20N4O4S. The lowest BCUT2D eigenvalue weighted by molar-refractivity contribution is 0.0698. The van der Waals surface area contributed by atoms with Crippen molar-refractivity contribution >= 4 is 21.1 Å². The van der Waals surface area contributed by atoms with Crippen LogP contribution in [0, 0.1) is 0 Å². The van der Waals surface area contributed by atoms with Gasteiger partial charge >= 0.3 is 0 Å². The van der Waals surface area contributed by atoms with Crippen LogP contribution in [0.15, 0.2) is 29.1 Å². The minimum absolute atomic E-state index is 0.240. The normalized spacial score (nSPS) is 23.3. The number of ether oxygens (including phenoxy) is 1. The number of hydrogen-bond donors (Lipinski definition) is 1. The van der Waals surface area contributed by atoms with E-state index in [-0.39, 0.29) is 5.56 Å². The highest BCUT2D eigenvalue weighted by molar-refractivity contribution is 7.86. The number of H-pyrrole nitrogens is 1. The van der Waals surface area contributed by atoms with Gasteiger partial charge in [0.05, 0.1) is 30.2 Å². The van der Waals surface area contributed by atoms with Crippen molar-refractivity contribution in [3.8, 4) is 0 Å². The molecule has 2 saturated heterocycles. The van der Waals surface area contributed by atoms with E-state index in [1.807, 2.05) is 6.07 Å². The second kappa shape index (κ2) is 6.49.